The molecule has 1 N–H and O–H groups in total. The second kappa shape index (κ2) is 6.61. The number of carboxylic acid groups (broad SMARTS) is 1. The van der Waals surface area contributed by atoms with Gasteiger partial charge in [0.2, 0.25) is 0 Å². The van der Waals surface area contributed by atoms with Crippen LogP contribution in [0.5, 0.6) is 0 Å². The van der Waals surface area contributed by atoms with E-state index in [0.29, 0.717) is 6.42 Å². The van der Waals surface area contributed by atoms with Crippen molar-refractivity contribution in [1.82, 2.24) is 14.9 Å². The number of aliphatic carboxylic acids is 1. The number of nitrogens with zero attached hydrogens (tertiary/aromatic N) is 3. The Hall–Kier alpha value is -1.49. The van der Waals surface area contributed by atoms with E-state index in [1.165, 1.54) is 0 Å². The Balaban J connectivity index is 2.88. The molecule has 5 heteroatoms. The SMILES string of the molecule is Cc1nc(CCN(C)C)nc(C)c1CC(C)C(=O)O. The fourth-order valence-electron chi connectivity index (χ4n) is 1.93. The zero-order valence-corrected chi connectivity index (χ0v) is 12.4. The lowest BCUT2D eigenvalue weighted by atomic mass is 9.99. The number of carboxylic acids is 1. The van der Waals surface area contributed by atoms with Gasteiger partial charge in [-0.25, -0.2) is 9.97 Å². The predicted molar refractivity (Wildman–Crippen MR) is 74.3 cm³/mol. The summed E-state index contributed by atoms with van der Waals surface area (Å²) in [4.78, 5) is 22.0. The van der Waals surface area contributed by atoms with Crippen LogP contribution >= 0.6 is 0 Å². The minimum absolute atomic E-state index is 0.409. The Morgan fingerprint density at radius 1 is 1.26 bits per heavy atom. The van der Waals surface area contributed by atoms with E-state index in [1.807, 2.05) is 27.9 Å². The minimum atomic E-state index is -0.782. The number of carbonyl (C=O) groups is 1. The molecule has 1 aromatic heterocycles. The van der Waals surface area contributed by atoms with Gasteiger partial charge in [-0.2, -0.15) is 0 Å². The molecule has 19 heavy (non-hydrogen) atoms. The Kier molecular flexibility index (Phi) is 5.42. The van der Waals surface area contributed by atoms with Crippen LogP contribution < -0.4 is 0 Å². The van der Waals surface area contributed by atoms with Gasteiger partial charge in [0.1, 0.15) is 5.82 Å². The van der Waals surface area contributed by atoms with Gasteiger partial charge in [0.05, 0.1) is 5.92 Å². The lowest BCUT2D eigenvalue weighted by Crippen LogP contribution is -2.18. The van der Waals surface area contributed by atoms with Gasteiger partial charge in [-0.1, -0.05) is 6.92 Å². The summed E-state index contributed by atoms with van der Waals surface area (Å²) < 4.78 is 0. The Bertz CT molecular complexity index is 435. The summed E-state index contributed by atoms with van der Waals surface area (Å²) in [6.07, 6.45) is 1.30. The van der Waals surface area contributed by atoms with Crippen molar-refractivity contribution >= 4 is 5.97 Å². The van der Waals surface area contributed by atoms with E-state index in [-0.39, 0.29) is 0 Å². The Morgan fingerprint density at radius 3 is 2.21 bits per heavy atom. The number of rotatable bonds is 6. The standard InChI is InChI=1S/C14H23N3O2/c1-9(14(18)19)8-12-10(2)15-13(16-11(12)3)6-7-17(4)5/h9H,6-8H2,1-5H3,(H,18,19). The molecule has 0 spiro atoms. The number of aryl methyl sites for hydroxylation is 2. The zero-order valence-electron chi connectivity index (χ0n) is 12.4. The number of aromatic nitrogens is 2. The highest BCUT2D eigenvalue weighted by molar-refractivity contribution is 5.70. The molecule has 0 aromatic carbocycles. The molecule has 1 unspecified atom stereocenters. The smallest absolute Gasteiger partial charge is 0.306 e. The number of likely N-dealkylation sites (N-methyl/N-ethyl adjacent to an activating group) is 1. The first-order chi connectivity index (χ1) is 8.81. The van der Waals surface area contributed by atoms with E-state index in [4.69, 9.17) is 5.11 Å². The monoisotopic (exact) mass is 265 g/mol. The zero-order chi connectivity index (χ0) is 14.6. The first-order valence-corrected chi connectivity index (χ1v) is 6.51. The maximum absolute atomic E-state index is 10.9. The second-order valence-electron chi connectivity index (χ2n) is 5.29. The lowest BCUT2D eigenvalue weighted by molar-refractivity contribution is -0.141. The van der Waals surface area contributed by atoms with E-state index in [1.54, 1.807) is 6.92 Å². The molecule has 0 aliphatic carbocycles. The van der Waals surface area contributed by atoms with Crippen LogP contribution in [-0.2, 0) is 17.6 Å². The van der Waals surface area contributed by atoms with Gasteiger partial charge in [0.25, 0.3) is 0 Å². The van der Waals surface area contributed by atoms with Crippen molar-refractivity contribution in [2.75, 3.05) is 20.6 Å². The highest BCUT2D eigenvalue weighted by atomic mass is 16.4. The molecule has 1 atom stereocenters. The molecule has 1 rings (SSSR count). The molecule has 0 radical (unpaired) electrons. The van der Waals surface area contributed by atoms with Gasteiger partial charge >= 0.3 is 5.97 Å². The third-order valence-electron chi connectivity index (χ3n) is 3.18. The van der Waals surface area contributed by atoms with Crippen LogP contribution in [0, 0.1) is 19.8 Å². The molecular weight excluding hydrogens is 242 g/mol. The summed E-state index contributed by atoms with van der Waals surface area (Å²) >= 11 is 0. The van der Waals surface area contributed by atoms with E-state index in [0.717, 1.165) is 35.7 Å². The summed E-state index contributed by atoms with van der Waals surface area (Å²) in [5.41, 5.74) is 2.76. The van der Waals surface area contributed by atoms with Gasteiger partial charge in [-0.15, -0.1) is 0 Å². The average Bonchev–Trinajstić information content (AvgIpc) is 2.30. The van der Waals surface area contributed by atoms with E-state index in [2.05, 4.69) is 14.9 Å². The second-order valence-corrected chi connectivity index (χ2v) is 5.29. The van der Waals surface area contributed by atoms with Crippen molar-refractivity contribution in [2.45, 2.75) is 33.6 Å². The Labute approximate surface area is 114 Å². The van der Waals surface area contributed by atoms with Crippen molar-refractivity contribution in [2.24, 2.45) is 5.92 Å². The fourth-order valence-corrected chi connectivity index (χ4v) is 1.93. The van der Waals surface area contributed by atoms with Crippen LogP contribution in [-0.4, -0.2) is 46.6 Å². The molecular formula is C14H23N3O2. The summed E-state index contributed by atoms with van der Waals surface area (Å²) in [6.45, 7) is 6.47. The van der Waals surface area contributed by atoms with Crippen molar-refractivity contribution in [3.05, 3.63) is 22.8 Å². The van der Waals surface area contributed by atoms with Crippen molar-refractivity contribution in [3.63, 3.8) is 0 Å². The van der Waals surface area contributed by atoms with E-state index in [9.17, 15) is 4.79 Å². The predicted octanol–water partition coefficient (Wildman–Crippen LogP) is 1.46. The average molecular weight is 265 g/mol. The Morgan fingerprint density at radius 2 is 1.79 bits per heavy atom. The third-order valence-corrected chi connectivity index (χ3v) is 3.18. The van der Waals surface area contributed by atoms with Crippen LogP contribution in [0.1, 0.15) is 29.7 Å². The van der Waals surface area contributed by atoms with Gasteiger partial charge in [0, 0.05) is 24.4 Å². The van der Waals surface area contributed by atoms with Crippen molar-refractivity contribution in [1.29, 1.82) is 0 Å². The molecule has 1 aromatic rings. The van der Waals surface area contributed by atoms with Crippen LogP contribution in [0.4, 0.5) is 0 Å². The van der Waals surface area contributed by atoms with Crippen molar-refractivity contribution < 1.29 is 9.90 Å². The van der Waals surface area contributed by atoms with Crippen molar-refractivity contribution in [3.8, 4) is 0 Å². The maximum Gasteiger partial charge on any atom is 0.306 e. The van der Waals surface area contributed by atoms with Crippen LogP contribution in [0.3, 0.4) is 0 Å². The molecule has 0 bridgehead atoms. The third kappa shape index (κ3) is 4.59. The first-order valence-electron chi connectivity index (χ1n) is 6.51. The lowest BCUT2D eigenvalue weighted by Gasteiger charge is -2.14. The molecule has 0 amide bonds. The summed E-state index contributed by atoms with van der Waals surface area (Å²) in [7, 11) is 4.03. The maximum atomic E-state index is 10.9. The summed E-state index contributed by atoms with van der Waals surface area (Å²) in [6, 6.07) is 0. The molecule has 5 nitrogen and oxygen atoms in total. The number of hydrogen-bond acceptors (Lipinski definition) is 4. The topological polar surface area (TPSA) is 66.3 Å². The van der Waals surface area contributed by atoms with Crippen LogP contribution in [0.15, 0.2) is 0 Å². The van der Waals surface area contributed by atoms with Crippen LogP contribution in [0.25, 0.3) is 0 Å². The largest absolute Gasteiger partial charge is 0.481 e. The molecule has 0 aliphatic rings. The highest BCUT2D eigenvalue weighted by Crippen LogP contribution is 2.16. The molecule has 0 saturated carbocycles. The molecule has 0 saturated heterocycles. The quantitative estimate of drug-likeness (QED) is 0.843. The normalized spacial score (nSPS) is 12.7. The summed E-state index contributed by atoms with van der Waals surface area (Å²) in [5, 5.41) is 8.98. The molecule has 1 heterocycles. The minimum Gasteiger partial charge on any atom is -0.481 e. The van der Waals surface area contributed by atoms with Gasteiger partial charge in [0.15, 0.2) is 0 Å². The molecule has 0 aliphatic heterocycles. The van der Waals surface area contributed by atoms with E-state index >= 15 is 0 Å². The van der Waals surface area contributed by atoms with Gasteiger partial charge < -0.3 is 10.0 Å². The van der Waals surface area contributed by atoms with E-state index < -0.39 is 11.9 Å². The van der Waals surface area contributed by atoms with Gasteiger partial charge in [-0.05, 0) is 39.9 Å². The molecule has 0 fully saturated rings. The first kappa shape index (κ1) is 15.6. The van der Waals surface area contributed by atoms with Gasteiger partial charge in [-0.3, -0.25) is 4.79 Å². The highest BCUT2D eigenvalue weighted by Gasteiger charge is 2.16. The summed E-state index contributed by atoms with van der Waals surface area (Å²) in [5.74, 6) is -0.362. The fraction of sp³-hybridized carbons (Fsp3) is 0.643. The molecule has 106 valence electrons. The number of hydrogen-bond donors (Lipinski definition) is 1. The van der Waals surface area contributed by atoms with Crippen LogP contribution in [0.2, 0.25) is 0 Å².